The zero-order valence-corrected chi connectivity index (χ0v) is 9.74. The van der Waals surface area contributed by atoms with Crippen LogP contribution in [0, 0.1) is 5.92 Å². The van der Waals surface area contributed by atoms with Gasteiger partial charge >= 0.3 is 5.97 Å². The van der Waals surface area contributed by atoms with Crippen LogP contribution in [0.4, 0.5) is 5.82 Å². The molecular formula is C11H13ClN2O2. The first-order chi connectivity index (χ1) is 7.58. The molecule has 1 aromatic rings. The summed E-state index contributed by atoms with van der Waals surface area (Å²) >= 11 is 5.75. The van der Waals surface area contributed by atoms with Crippen LogP contribution in [0.3, 0.4) is 0 Å². The molecule has 1 aromatic heterocycles. The monoisotopic (exact) mass is 240 g/mol. The molecule has 0 bridgehead atoms. The van der Waals surface area contributed by atoms with Gasteiger partial charge in [-0.3, -0.25) is 0 Å². The Balaban J connectivity index is 2.20. The lowest BCUT2D eigenvalue weighted by molar-refractivity contribution is 0.0691. The van der Waals surface area contributed by atoms with E-state index < -0.39 is 5.97 Å². The van der Waals surface area contributed by atoms with Crippen LogP contribution in [0.2, 0.25) is 5.02 Å². The molecule has 2 rings (SSSR count). The number of hydrogen-bond donors (Lipinski definition) is 1. The molecule has 1 fully saturated rings. The second-order valence-corrected chi connectivity index (χ2v) is 4.54. The van der Waals surface area contributed by atoms with Crippen molar-refractivity contribution in [3.8, 4) is 0 Å². The highest BCUT2D eigenvalue weighted by Gasteiger charge is 2.23. The van der Waals surface area contributed by atoms with Crippen LogP contribution in [0.25, 0.3) is 0 Å². The molecule has 86 valence electrons. The zero-order valence-electron chi connectivity index (χ0n) is 8.98. The first-order valence-corrected chi connectivity index (χ1v) is 5.56. The third-order valence-electron chi connectivity index (χ3n) is 2.65. The lowest BCUT2D eigenvalue weighted by atomic mass is 10.3. The number of pyridine rings is 1. The van der Waals surface area contributed by atoms with Crippen LogP contribution in [0.1, 0.15) is 23.3 Å². The molecule has 1 heterocycles. The Morgan fingerprint density at radius 3 is 2.88 bits per heavy atom. The van der Waals surface area contributed by atoms with Gasteiger partial charge in [-0.1, -0.05) is 11.6 Å². The van der Waals surface area contributed by atoms with E-state index in [9.17, 15) is 4.79 Å². The van der Waals surface area contributed by atoms with Crippen LogP contribution in [0.5, 0.6) is 0 Å². The SMILES string of the molecule is CN(CC1CC1)c1ccc(Cl)c(C(=O)O)n1. The lowest BCUT2D eigenvalue weighted by Gasteiger charge is -2.18. The minimum Gasteiger partial charge on any atom is -0.476 e. The van der Waals surface area contributed by atoms with Crippen LogP contribution >= 0.6 is 11.6 Å². The summed E-state index contributed by atoms with van der Waals surface area (Å²) in [5, 5.41) is 9.08. The molecule has 0 amide bonds. The molecule has 1 aliphatic rings. The van der Waals surface area contributed by atoms with E-state index in [0.717, 1.165) is 12.5 Å². The Labute approximate surface area is 98.9 Å². The fraction of sp³-hybridized carbons (Fsp3) is 0.455. The number of nitrogens with zero attached hydrogens (tertiary/aromatic N) is 2. The molecule has 4 nitrogen and oxygen atoms in total. The van der Waals surface area contributed by atoms with Gasteiger partial charge in [0.15, 0.2) is 5.69 Å². The van der Waals surface area contributed by atoms with Crippen LogP contribution in [-0.2, 0) is 0 Å². The number of hydrogen-bond acceptors (Lipinski definition) is 3. The van der Waals surface area contributed by atoms with Crippen LogP contribution in [-0.4, -0.2) is 29.7 Å². The van der Waals surface area contributed by atoms with Gasteiger partial charge in [-0.15, -0.1) is 0 Å². The number of carboxylic acids is 1. The van der Waals surface area contributed by atoms with Gasteiger partial charge in [0.1, 0.15) is 5.82 Å². The van der Waals surface area contributed by atoms with Gasteiger partial charge in [0.25, 0.3) is 0 Å². The fourth-order valence-corrected chi connectivity index (χ4v) is 1.76. The van der Waals surface area contributed by atoms with Crippen molar-refractivity contribution in [1.82, 2.24) is 4.98 Å². The van der Waals surface area contributed by atoms with E-state index in [-0.39, 0.29) is 10.7 Å². The van der Waals surface area contributed by atoms with Crippen molar-refractivity contribution in [2.75, 3.05) is 18.5 Å². The first kappa shape index (κ1) is 11.2. The van der Waals surface area contributed by atoms with Gasteiger partial charge in [-0.05, 0) is 30.9 Å². The van der Waals surface area contributed by atoms with Crippen molar-refractivity contribution >= 4 is 23.4 Å². The number of halogens is 1. The third-order valence-corrected chi connectivity index (χ3v) is 2.96. The minimum absolute atomic E-state index is 0.0817. The Kier molecular flexibility index (Phi) is 3.01. The highest BCUT2D eigenvalue weighted by molar-refractivity contribution is 6.33. The summed E-state index contributed by atoms with van der Waals surface area (Å²) in [7, 11) is 1.92. The van der Waals surface area contributed by atoms with Gasteiger partial charge in [0.2, 0.25) is 0 Å². The molecule has 1 saturated carbocycles. The molecule has 1 aliphatic carbocycles. The number of rotatable bonds is 4. The summed E-state index contributed by atoms with van der Waals surface area (Å²) in [6.07, 6.45) is 2.51. The van der Waals surface area contributed by atoms with E-state index in [1.807, 2.05) is 11.9 Å². The summed E-state index contributed by atoms with van der Waals surface area (Å²) in [5.74, 6) is 0.302. The topological polar surface area (TPSA) is 53.4 Å². The number of carbonyl (C=O) groups is 1. The first-order valence-electron chi connectivity index (χ1n) is 5.19. The van der Waals surface area contributed by atoms with Crippen molar-refractivity contribution in [2.45, 2.75) is 12.8 Å². The standard InChI is InChI=1S/C11H13ClN2O2/c1-14(6-7-2-3-7)9-5-4-8(12)10(13-9)11(15)16/h4-5,7H,2-3,6H2,1H3,(H,15,16). The summed E-state index contributed by atoms with van der Waals surface area (Å²) in [4.78, 5) is 16.9. The van der Waals surface area contributed by atoms with E-state index in [1.54, 1.807) is 12.1 Å². The summed E-state index contributed by atoms with van der Waals surface area (Å²) in [5.41, 5.74) is -0.0817. The third kappa shape index (κ3) is 2.44. The smallest absolute Gasteiger partial charge is 0.356 e. The molecule has 0 radical (unpaired) electrons. The van der Waals surface area contributed by atoms with Gasteiger partial charge in [0.05, 0.1) is 5.02 Å². The summed E-state index contributed by atoms with van der Waals surface area (Å²) in [6, 6.07) is 3.33. The predicted molar refractivity (Wildman–Crippen MR) is 62.2 cm³/mol. The Morgan fingerprint density at radius 1 is 1.62 bits per heavy atom. The lowest BCUT2D eigenvalue weighted by Crippen LogP contribution is -2.21. The molecule has 5 heteroatoms. The highest BCUT2D eigenvalue weighted by atomic mass is 35.5. The molecule has 0 saturated heterocycles. The summed E-state index contributed by atoms with van der Waals surface area (Å²) in [6.45, 7) is 0.924. The number of aromatic carboxylic acids is 1. The van der Waals surface area contributed by atoms with Crippen molar-refractivity contribution in [1.29, 1.82) is 0 Å². The Hall–Kier alpha value is -1.29. The maximum Gasteiger partial charge on any atom is 0.356 e. The van der Waals surface area contributed by atoms with E-state index in [4.69, 9.17) is 16.7 Å². The van der Waals surface area contributed by atoms with E-state index >= 15 is 0 Å². The Bertz CT molecular complexity index is 418. The molecular weight excluding hydrogens is 228 g/mol. The fourth-order valence-electron chi connectivity index (χ4n) is 1.58. The number of carboxylic acid groups (broad SMARTS) is 1. The molecule has 1 N–H and O–H groups in total. The van der Waals surface area contributed by atoms with Gasteiger partial charge in [-0.2, -0.15) is 0 Å². The van der Waals surface area contributed by atoms with E-state index in [0.29, 0.717) is 5.82 Å². The average molecular weight is 241 g/mol. The largest absolute Gasteiger partial charge is 0.476 e. The number of anilines is 1. The van der Waals surface area contributed by atoms with Crippen molar-refractivity contribution in [3.63, 3.8) is 0 Å². The normalized spacial score (nSPS) is 14.9. The van der Waals surface area contributed by atoms with Gasteiger partial charge in [0, 0.05) is 13.6 Å². The van der Waals surface area contributed by atoms with Gasteiger partial charge < -0.3 is 10.0 Å². The second kappa shape index (κ2) is 4.29. The maximum absolute atomic E-state index is 10.9. The quantitative estimate of drug-likeness (QED) is 0.877. The second-order valence-electron chi connectivity index (χ2n) is 4.13. The zero-order chi connectivity index (χ0) is 11.7. The average Bonchev–Trinajstić information content (AvgIpc) is 3.01. The van der Waals surface area contributed by atoms with Crippen molar-refractivity contribution in [3.05, 3.63) is 22.8 Å². The molecule has 0 unspecified atom stereocenters. The molecule has 0 aliphatic heterocycles. The van der Waals surface area contributed by atoms with Gasteiger partial charge in [-0.25, -0.2) is 9.78 Å². The number of aromatic nitrogens is 1. The molecule has 0 spiro atoms. The molecule has 0 aromatic carbocycles. The molecule has 16 heavy (non-hydrogen) atoms. The van der Waals surface area contributed by atoms with Crippen molar-refractivity contribution < 1.29 is 9.90 Å². The predicted octanol–water partition coefficient (Wildman–Crippen LogP) is 2.28. The molecule has 0 atom stereocenters. The minimum atomic E-state index is -1.09. The van der Waals surface area contributed by atoms with E-state index in [2.05, 4.69) is 4.98 Å². The van der Waals surface area contributed by atoms with E-state index in [1.165, 1.54) is 12.8 Å². The van der Waals surface area contributed by atoms with Crippen LogP contribution < -0.4 is 4.90 Å². The Morgan fingerprint density at radius 2 is 2.31 bits per heavy atom. The highest BCUT2D eigenvalue weighted by Crippen LogP contribution is 2.30. The van der Waals surface area contributed by atoms with Crippen molar-refractivity contribution in [2.24, 2.45) is 5.92 Å². The maximum atomic E-state index is 10.9. The summed E-state index contributed by atoms with van der Waals surface area (Å²) < 4.78 is 0. The van der Waals surface area contributed by atoms with Crippen LogP contribution in [0.15, 0.2) is 12.1 Å².